The molecule has 1 heterocycles. The van der Waals surface area contributed by atoms with Crippen LogP contribution in [0.3, 0.4) is 0 Å². The van der Waals surface area contributed by atoms with Gasteiger partial charge in [0.1, 0.15) is 0 Å². The monoisotopic (exact) mass is 371 g/mol. The molecule has 0 spiro atoms. The van der Waals surface area contributed by atoms with E-state index in [1.165, 1.54) is 6.08 Å². The van der Waals surface area contributed by atoms with Crippen LogP contribution in [0.25, 0.3) is 6.08 Å². The maximum atomic E-state index is 11.2. The first-order valence-electron chi connectivity index (χ1n) is 9.12. The summed E-state index contributed by atoms with van der Waals surface area (Å²) >= 11 is 0. The lowest BCUT2D eigenvalue weighted by atomic mass is 10.0. The van der Waals surface area contributed by atoms with E-state index in [1.807, 2.05) is 31.2 Å². The maximum Gasteiger partial charge on any atom is 0.267 e. The molecular weight excluding hydrogens is 342 g/mol. The van der Waals surface area contributed by atoms with Crippen LogP contribution in [0.5, 0.6) is 0 Å². The topological polar surface area (TPSA) is 103 Å². The summed E-state index contributed by atoms with van der Waals surface area (Å²) in [6.45, 7) is 4.43. The second-order valence-corrected chi connectivity index (χ2v) is 6.61. The van der Waals surface area contributed by atoms with Gasteiger partial charge in [-0.05, 0) is 43.5 Å². The molecule has 1 amide bonds. The molecule has 1 aromatic rings. The molecule has 7 heteroatoms. The van der Waals surface area contributed by atoms with Crippen molar-refractivity contribution in [2.45, 2.75) is 25.8 Å². The first-order chi connectivity index (χ1) is 13.0. The SMILES string of the molecule is CN=C(C=C(C)N)CNC1CCN(c2ccccc2/C=C/C(=O)NO)CC1. The summed E-state index contributed by atoms with van der Waals surface area (Å²) in [5.41, 5.74) is 11.1. The molecule has 0 radical (unpaired) electrons. The van der Waals surface area contributed by atoms with E-state index in [4.69, 9.17) is 10.9 Å². The van der Waals surface area contributed by atoms with Crippen molar-refractivity contribution in [2.75, 3.05) is 31.6 Å². The van der Waals surface area contributed by atoms with Gasteiger partial charge >= 0.3 is 0 Å². The lowest BCUT2D eigenvalue weighted by Crippen LogP contribution is -2.44. The van der Waals surface area contributed by atoms with E-state index in [9.17, 15) is 4.79 Å². The van der Waals surface area contributed by atoms with Gasteiger partial charge in [0, 0.05) is 55.9 Å². The van der Waals surface area contributed by atoms with Crippen molar-refractivity contribution in [3.8, 4) is 0 Å². The fourth-order valence-corrected chi connectivity index (χ4v) is 3.15. The van der Waals surface area contributed by atoms with Crippen molar-refractivity contribution in [1.82, 2.24) is 10.8 Å². The Balaban J connectivity index is 1.93. The third-order valence-electron chi connectivity index (χ3n) is 4.55. The second-order valence-electron chi connectivity index (χ2n) is 6.61. The van der Waals surface area contributed by atoms with Gasteiger partial charge in [-0.3, -0.25) is 15.0 Å². The van der Waals surface area contributed by atoms with Crippen molar-refractivity contribution in [2.24, 2.45) is 10.7 Å². The molecule has 146 valence electrons. The molecule has 1 saturated heterocycles. The van der Waals surface area contributed by atoms with E-state index in [0.29, 0.717) is 12.6 Å². The Kier molecular flexibility index (Phi) is 8.03. The molecule has 0 atom stereocenters. The minimum Gasteiger partial charge on any atom is -0.402 e. The molecule has 0 bridgehead atoms. The van der Waals surface area contributed by atoms with Crippen LogP contribution in [-0.2, 0) is 4.79 Å². The fraction of sp³-hybridized carbons (Fsp3) is 0.400. The number of nitrogens with zero attached hydrogens (tertiary/aromatic N) is 2. The normalized spacial score (nSPS) is 16.8. The van der Waals surface area contributed by atoms with Crippen LogP contribution in [0, 0.1) is 0 Å². The summed E-state index contributed by atoms with van der Waals surface area (Å²) in [6.07, 6.45) is 6.99. The molecule has 1 aromatic carbocycles. The number of nitrogens with two attached hydrogens (primary N) is 1. The highest BCUT2D eigenvalue weighted by molar-refractivity contribution is 5.97. The molecule has 7 nitrogen and oxygen atoms in total. The van der Waals surface area contributed by atoms with Crippen molar-refractivity contribution in [3.05, 3.63) is 47.7 Å². The quantitative estimate of drug-likeness (QED) is 0.253. The Morgan fingerprint density at radius 1 is 1.37 bits per heavy atom. The van der Waals surface area contributed by atoms with Crippen LogP contribution in [0.4, 0.5) is 5.69 Å². The van der Waals surface area contributed by atoms with E-state index in [-0.39, 0.29) is 0 Å². The van der Waals surface area contributed by atoms with Crippen LogP contribution in [0.2, 0.25) is 0 Å². The zero-order chi connectivity index (χ0) is 19.6. The number of anilines is 1. The number of hydroxylamine groups is 1. The lowest BCUT2D eigenvalue weighted by molar-refractivity contribution is -0.124. The predicted molar refractivity (Wildman–Crippen MR) is 110 cm³/mol. The van der Waals surface area contributed by atoms with Gasteiger partial charge in [-0.2, -0.15) is 0 Å². The van der Waals surface area contributed by atoms with E-state index in [1.54, 1.807) is 18.6 Å². The van der Waals surface area contributed by atoms with Gasteiger partial charge in [0.2, 0.25) is 0 Å². The van der Waals surface area contributed by atoms with E-state index in [0.717, 1.165) is 48.6 Å². The maximum absolute atomic E-state index is 11.2. The molecule has 0 aromatic heterocycles. The molecule has 27 heavy (non-hydrogen) atoms. The highest BCUT2D eigenvalue weighted by atomic mass is 16.5. The zero-order valence-electron chi connectivity index (χ0n) is 16.0. The molecule has 0 saturated carbocycles. The minimum atomic E-state index is -0.539. The summed E-state index contributed by atoms with van der Waals surface area (Å²) in [5, 5.41) is 12.2. The number of carbonyl (C=O) groups excluding carboxylic acids is 1. The average Bonchev–Trinajstić information content (AvgIpc) is 2.69. The minimum absolute atomic E-state index is 0.437. The van der Waals surface area contributed by atoms with Crippen LogP contribution in [-0.4, -0.2) is 49.5 Å². The zero-order valence-corrected chi connectivity index (χ0v) is 16.0. The molecule has 0 aliphatic carbocycles. The van der Waals surface area contributed by atoms with E-state index >= 15 is 0 Å². The van der Waals surface area contributed by atoms with Crippen molar-refractivity contribution in [1.29, 1.82) is 0 Å². The van der Waals surface area contributed by atoms with Crippen LogP contribution in [0.1, 0.15) is 25.3 Å². The number of hydrogen-bond donors (Lipinski definition) is 4. The van der Waals surface area contributed by atoms with Crippen LogP contribution in [0.15, 0.2) is 47.1 Å². The van der Waals surface area contributed by atoms with Crippen molar-refractivity contribution in [3.63, 3.8) is 0 Å². The molecule has 2 rings (SSSR count). The van der Waals surface area contributed by atoms with Gasteiger partial charge in [0.25, 0.3) is 5.91 Å². The summed E-state index contributed by atoms with van der Waals surface area (Å²) in [7, 11) is 1.78. The van der Waals surface area contributed by atoms with E-state index in [2.05, 4.69) is 21.3 Å². The third-order valence-corrected chi connectivity index (χ3v) is 4.55. The summed E-state index contributed by atoms with van der Waals surface area (Å²) in [5.74, 6) is -0.539. The number of amides is 1. The standard InChI is InChI=1S/C20H29N5O2/c1-15(21)13-18(22-2)14-23-17-9-11-25(12-10-17)19-6-4-3-5-16(19)7-8-20(26)24-27/h3-8,13,17,23,27H,9-12,14,21H2,1-2H3,(H,24,26)/b8-7+,15-13?,22-18?. The number of nitrogens with one attached hydrogen (secondary N) is 2. The number of para-hydroxylation sites is 1. The van der Waals surface area contributed by atoms with E-state index < -0.39 is 5.91 Å². The smallest absolute Gasteiger partial charge is 0.267 e. The van der Waals surface area contributed by atoms with Gasteiger partial charge in [-0.25, -0.2) is 5.48 Å². The number of rotatable bonds is 7. The molecule has 1 aliphatic heterocycles. The predicted octanol–water partition coefficient (Wildman–Crippen LogP) is 1.70. The Hall–Kier alpha value is -2.64. The fourth-order valence-electron chi connectivity index (χ4n) is 3.15. The lowest BCUT2D eigenvalue weighted by Gasteiger charge is -2.35. The molecular formula is C20H29N5O2. The Bertz CT molecular complexity index is 715. The van der Waals surface area contributed by atoms with Gasteiger partial charge < -0.3 is 16.0 Å². The highest BCUT2D eigenvalue weighted by Gasteiger charge is 2.20. The number of carbonyl (C=O) groups is 1. The number of benzene rings is 1. The molecule has 1 fully saturated rings. The number of aliphatic imine (C=N–C) groups is 1. The Morgan fingerprint density at radius 2 is 2.07 bits per heavy atom. The van der Waals surface area contributed by atoms with Gasteiger partial charge in [0.15, 0.2) is 0 Å². The molecule has 1 aliphatic rings. The molecule has 0 unspecified atom stereocenters. The van der Waals surface area contributed by atoms with Crippen LogP contribution >= 0.6 is 0 Å². The molecule has 5 N–H and O–H groups in total. The average molecular weight is 371 g/mol. The third kappa shape index (κ3) is 6.54. The first-order valence-corrected chi connectivity index (χ1v) is 9.12. The second kappa shape index (κ2) is 10.5. The number of allylic oxidation sites excluding steroid dienone is 1. The number of hydrogen-bond acceptors (Lipinski definition) is 6. The van der Waals surface area contributed by atoms with Gasteiger partial charge in [-0.1, -0.05) is 18.2 Å². The van der Waals surface area contributed by atoms with Crippen LogP contribution < -0.4 is 21.4 Å². The van der Waals surface area contributed by atoms with Crippen molar-refractivity contribution < 1.29 is 10.0 Å². The number of piperidine rings is 1. The van der Waals surface area contributed by atoms with Gasteiger partial charge in [-0.15, -0.1) is 0 Å². The summed E-state index contributed by atoms with van der Waals surface area (Å²) in [6, 6.07) is 8.39. The summed E-state index contributed by atoms with van der Waals surface area (Å²) < 4.78 is 0. The van der Waals surface area contributed by atoms with Gasteiger partial charge in [0.05, 0.1) is 0 Å². The Labute approximate surface area is 160 Å². The highest BCUT2D eigenvalue weighted by Crippen LogP contribution is 2.25. The Morgan fingerprint density at radius 3 is 2.70 bits per heavy atom. The summed E-state index contributed by atoms with van der Waals surface area (Å²) in [4.78, 5) is 17.8. The largest absolute Gasteiger partial charge is 0.402 e. The van der Waals surface area contributed by atoms with Crippen molar-refractivity contribution >= 4 is 23.4 Å². The first kappa shape index (κ1) is 20.7.